The van der Waals surface area contributed by atoms with Crippen molar-refractivity contribution in [3.63, 3.8) is 0 Å². The van der Waals surface area contributed by atoms with Gasteiger partial charge in [-0.1, -0.05) is 44.0 Å². The standard InChI is InChI=1S/C18H26N2S/c1-13-7-2-5-11-16(13)19-18(21)20-17-12-6-9-14-8-3-4-10-15(14)17/h3-4,8,10,13,16-17H,2,5-7,9,11-12H2,1H3,(H2,19,20,21)/t13-,16+,17-/m1/s1. The molecular formula is C18H26N2S. The normalized spacial score (nSPS) is 28.5. The van der Waals surface area contributed by atoms with E-state index >= 15 is 0 Å². The van der Waals surface area contributed by atoms with Gasteiger partial charge in [0, 0.05) is 6.04 Å². The molecule has 0 bridgehead atoms. The topological polar surface area (TPSA) is 24.1 Å². The summed E-state index contributed by atoms with van der Waals surface area (Å²) in [6.07, 6.45) is 8.91. The lowest BCUT2D eigenvalue weighted by Gasteiger charge is -2.33. The van der Waals surface area contributed by atoms with E-state index in [-0.39, 0.29) is 0 Å². The molecule has 0 radical (unpaired) electrons. The van der Waals surface area contributed by atoms with E-state index in [9.17, 15) is 0 Å². The van der Waals surface area contributed by atoms with Gasteiger partial charge in [-0.15, -0.1) is 0 Å². The Morgan fingerprint density at radius 2 is 1.86 bits per heavy atom. The molecule has 1 aromatic carbocycles. The van der Waals surface area contributed by atoms with E-state index in [1.807, 2.05) is 0 Å². The minimum Gasteiger partial charge on any atom is -0.360 e. The van der Waals surface area contributed by atoms with Crippen LogP contribution in [0.1, 0.15) is 62.6 Å². The first-order valence-corrected chi connectivity index (χ1v) is 8.79. The van der Waals surface area contributed by atoms with Gasteiger partial charge in [-0.25, -0.2) is 0 Å². The zero-order valence-corrected chi connectivity index (χ0v) is 13.7. The van der Waals surface area contributed by atoms with Gasteiger partial charge in [0.15, 0.2) is 5.11 Å². The maximum atomic E-state index is 5.58. The summed E-state index contributed by atoms with van der Waals surface area (Å²) in [6.45, 7) is 2.34. The van der Waals surface area contributed by atoms with Crippen LogP contribution in [0.2, 0.25) is 0 Å². The predicted molar refractivity (Wildman–Crippen MR) is 92.4 cm³/mol. The smallest absolute Gasteiger partial charge is 0.167 e. The molecule has 0 amide bonds. The summed E-state index contributed by atoms with van der Waals surface area (Å²) < 4.78 is 0. The van der Waals surface area contributed by atoms with Crippen LogP contribution in [0, 0.1) is 5.92 Å². The van der Waals surface area contributed by atoms with Crippen LogP contribution < -0.4 is 10.6 Å². The van der Waals surface area contributed by atoms with Crippen molar-refractivity contribution in [2.75, 3.05) is 0 Å². The molecule has 2 N–H and O–H groups in total. The van der Waals surface area contributed by atoms with Gasteiger partial charge in [0.25, 0.3) is 0 Å². The molecule has 0 aromatic heterocycles. The molecule has 1 fully saturated rings. The average molecular weight is 302 g/mol. The van der Waals surface area contributed by atoms with Gasteiger partial charge in [0.1, 0.15) is 0 Å². The first-order valence-electron chi connectivity index (χ1n) is 8.39. The number of rotatable bonds is 2. The highest BCUT2D eigenvalue weighted by atomic mass is 32.1. The Hall–Kier alpha value is -1.09. The lowest BCUT2D eigenvalue weighted by molar-refractivity contribution is 0.307. The zero-order chi connectivity index (χ0) is 14.7. The van der Waals surface area contributed by atoms with Crippen LogP contribution in [0.4, 0.5) is 0 Å². The van der Waals surface area contributed by atoms with Crippen LogP contribution in [0.25, 0.3) is 0 Å². The highest BCUT2D eigenvalue weighted by Gasteiger charge is 2.24. The summed E-state index contributed by atoms with van der Waals surface area (Å²) in [5.41, 5.74) is 2.92. The van der Waals surface area contributed by atoms with Crippen molar-refractivity contribution in [2.24, 2.45) is 5.92 Å². The predicted octanol–water partition coefficient (Wildman–Crippen LogP) is 4.11. The van der Waals surface area contributed by atoms with Crippen LogP contribution in [0.3, 0.4) is 0 Å². The van der Waals surface area contributed by atoms with Crippen molar-refractivity contribution in [3.05, 3.63) is 35.4 Å². The van der Waals surface area contributed by atoms with Crippen molar-refractivity contribution < 1.29 is 0 Å². The first kappa shape index (κ1) is 14.8. The summed E-state index contributed by atoms with van der Waals surface area (Å²) in [7, 11) is 0. The molecule has 3 heteroatoms. The van der Waals surface area contributed by atoms with Gasteiger partial charge in [0.2, 0.25) is 0 Å². The Morgan fingerprint density at radius 1 is 1.05 bits per heavy atom. The molecule has 0 heterocycles. The van der Waals surface area contributed by atoms with Crippen LogP contribution in [0.15, 0.2) is 24.3 Å². The van der Waals surface area contributed by atoms with Gasteiger partial charge in [-0.2, -0.15) is 0 Å². The number of hydrogen-bond acceptors (Lipinski definition) is 1. The fourth-order valence-electron chi connectivity index (χ4n) is 3.80. The van der Waals surface area contributed by atoms with Gasteiger partial charge < -0.3 is 10.6 Å². The monoisotopic (exact) mass is 302 g/mol. The molecule has 1 saturated carbocycles. The molecule has 0 aliphatic heterocycles. The minimum atomic E-state index is 0.383. The Morgan fingerprint density at radius 3 is 2.71 bits per heavy atom. The molecule has 3 atom stereocenters. The third kappa shape index (κ3) is 3.57. The fraction of sp³-hybridized carbons (Fsp3) is 0.611. The molecule has 114 valence electrons. The number of benzene rings is 1. The lowest BCUT2D eigenvalue weighted by Crippen LogP contribution is -2.47. The number of hydrogen-bond donors (Lipinski definition) is 2. The Balaban J connectivity index is 1.60. The Bertz CT molecular complexity index is 500. The maximum absolute atomic E-state index is 5.58. The Kier molecular flexibility index (Phi) is 4.79. The number of nitrogens with one attached hydrogen (secondary N) is 2. The third-order valence-electron chi connectivity index (χ3n) is 5.10. The highest BCUT2D eigenvalue weighted by molar-refractivity contribution is 7.80. The van der Waals surface area contributed by atoms with Crippen molar-refractivity contribution >= 4 is 17.3 Å². The molecular weight excluding hydrogens is 276 g/mol. The van der Waals surface area contributed by atoms with Crippen LogP contribution in [-0.2, 0) is 6.42 Å². The zero-order valence-electron chi connectivity index (χ0n) is 12.9. The molecule has 2 aliphatic rings. The lowest BCUT2D eigenvalue weighted by atomic mass is 9.86. The second-order valence-electron chi connectivity index (χ2n) is 6.63. The molecule has 1 aromatic rings. The molecule has 0 saturated heterocycles. The largest absolute Gasteiger partial charge is 0.360 e. The van der Waals surface area contributed by atoms with E-state index in [1.165, 1.54) is 56.1 Å². The molecule has 3 rings (SSSR count). The number of thiocarbonyl (C=S) groups is 1. The molecule has 21 heavy (non-hydrogen) atoms. The summed E-state index contributed by atoms with van der Waals surface area (Å²) in [6, 6.07) is 9.72. The SMILES string of the molecule is C[C@@H]1CCCC[C@@H]1NC(=S)N[C@@H]1CCCc2ccccc21. The Labute approximate surface area is 133 Å². The molecule has 2 aliphatic carbocycles. The first-order chi connectivity index (χ1) is 10.2. The average Bonchev–Trinajstić information content (AvgIpc) is 2.50. The van der Waals surface area contributed by atoms with E-state index in [4.69, 9.17) is 12.2 Å². The van der Waals surface area contributed by atoms with E-state index in [1.54, 1.807) is 0 Å². The van der Waals surface area contributed by atoms with E-state index < -0.39 is 0 Å². The number of aryl methyl sites for hydroxylation is 1. The van der Waals surface area contributed by atoms with Crippen LogP contribution in [-0.4, -0.2) is 11.2 Å². The summed E-state index contributed by atoms with van der Waals surface area (Å²) in [5, 5.41) is 7.97. The quantitative estimate of drug-likeness (QED) is 0.804. The van der Waals surface area contributed by atoms with Crippen molar-refractivity contribution in [2.45, 2.75) is 64.0 Å². The van der Waals surface area contributed by atoms with E-state index in [0.29, 0.717) is 12.1 Å². The highest BCUT2D eigenvalue weighted by Crippen LogP contribution is 2.29. The molecule has 0 unspecified atom stereocenters. The van der Waals surface area contributed by atoms with Gasteiger partial charge in [0.05, 0.1) is 6.04 Å². The van der Waals surface area contributed by atoms with Gasteiger partial charge in [-0.05, 0) is 61.4 Å². The second-order valence-corrected chi connectivity index (χ2v) is 7.04. The summed E-state index contributed by atoms with van der Waals surface area (Å²) in [5.74, 6) is 0.733. The van der Waals surface area contributed by atoms with Crippen molar-refractivity contribution in [3.8, 4) is 0 Å². The minimum absolute atomic E-state index is 0.383. The van der Waals surface area contributed by atoms with Crippen molar-refractivity contribution in [1.82, 2.24) is 10.6 Å². The van der Waals surface area contributed by atoms with Crippen LogP contribution >= 0.6 is 12.2 Å². The van der Waals surface area contributed by atoms with Crippen LogP contribution in [0.5, 0.6) is 0 Å². The van der Waals surface area contributed by atoms with E-state index in [0.717, 1.165) is 11.0 Å². The summed E-state index contributed by atoms with van der Waals surface area (Å²) in [4.78, 5) is 0. The van der Waals surface area contributed by atoms with Crippen molar-refractivity contribution in [1.29, 1.82) is 0 Å². The second kappa shape index (κ2) is 6.78. The molecule has 0 spiro atoms. The van der Waals surface area contributed by atoms with Gasteiger partial charge in [-0.3, -0.25) is 0 Å². The fourth-order valence-corrected chi connectivity index (χ4v) is 4.10. The van der Waals surface area contributed by atoms with Gasteiger partial charge >= 0.3 is 0 Å². The van der Waals surface area contributed by atoms with E-state index in [2.05, 4.69) is 41.8 Å². The summed E-state index contributed by atoms with van der Waals surface area (Å²) >= 11 is 5.58. The third-order valence-corrected chi connectivity index (χ3v) is 5.34. The molecule has 2 nitrogen and oxygen atoms in total. The maximum Gasteiger partial charge on any atom is 0.167 e. The number of fused-ring (bicyclic) bond motifs is 1.